The second-order valence-electron chi connectivity index (χ2n) is 4.93. The van der Waals surface area contributed by atoms with Gasteiger partial charge in [0.15, 0.2) is 0 Å². The third-order valence-electron chi connectivity index (χ3n) is 3.31. The molecule has 0 N–H and O–H groups in total. The molecule has 0 radical (unpaired) electrons. The highest BCUT2D eigenvalue weighted by Crippen LogP contribution is 2.04. The Hall–Kier alpha value is -0.810. The summed E-state index contributed by atoms with van der Waals surface area (Å²) in [7, 11) is 6.05. The molecule has 1 saturated heterocycles. The molecule has 2 amide bonds. The molecule has 1 rings (SSSR count). The molecule has 0 spiro atoms. The molecule has 5 heteroatoms. The minimum Gasteiger partial charge on any atom is -0.328 e. The van der Waals surface area contributed by atoms with Gasteiger partial charge in [0.2, 0.25) is 0 Å². The van der Waals surface area contributed by atoms with Crippen LogP contribution < -0.4 is 0 Å². The van der Waals surface area contributed by atoms with Crippen molar-refractivity contribution in [2.24, 2.45) is 0 Å². The summed E-state index contributed by atoms with van der Waals surface area (Å²) in [5.41, 5.74) is 0. The van der Waals surface area contributed by atoms with Crippen molar-refractivity contribution in [1.29, 1.82) is 0 Å². The lowest BCUT2D eigenvalue weighted by atomic mass is 10.3. The summed E-state index contributed by atoms with van der Waals surface area (Å²) in [6, 6.07) is 0.166. The van der Waals surface area contributed by atoms with Gasteiger partial charge in [0.25, 0.3) is 0 Å². The number of likely N-dealkylation sites (N-methyl/N-ethyl adjacent to an activating group) is 1. The van der Waals surface area contributed by atoms with Gasteiger partial charge in [-0.25, -0.2) is 4.79 Å². The van der Waals surface area contributed by atoms with Gasteiger partial charge in [0.05, 0.1) is 0 Å². The predicted octanol–water partition coefficient (Wildman–Crippen LogP) is 0.237. The Morgan fingerprint density at radius 3 is 2.18 bits per heavy atom. The Kier molecular flexibility index (Phi) is 5.71. The van der Waals surface area contributed by atoms with Crippen molar-refractivity contribution >= 4 is 6.03 Å². The van der Waals surface area contributed by atoms with E-state index in [-0.39, 0.29) is 6.03 Å². The average molecular weight is 242 g/mol. The maximum atomic E-state index is 11.9. The van der Waals surface area contributed by atoms with Crippen LogP contribution in [0.25, 0.3) is 0 Å². The van der Waals surface area contributed by atoms with Gasteiger partial charge < -0.3 is 14.7 Å². The van der Waals surface area contributed by atoms with Gasteiger partial charge in [0, 0.05) is 52.9 Å². The zero-order valence-corrected chi connectivity index (χ0v) is 11.6. The lowest BCUT2D eigenvalue weighted by molar-refractivity contribution is 0.115. The van der Waals surface area contributed by atoms with Crippen LogP contribution in [0.4, 0.5) is 4.79 Å². The van der Waals surface area contributed by atoms with Crippen LogP contribution in [0.5, 0.6) is 0 Å². The van der Waals surface area contributed by atoms with E-state index in [0.717, 1.165) is 45.8 Å². The lowest BCUT2D eigenvalue weighted by Gasteiger charge is -2.36. The topological polar surface area (TPSA) is 30.0 Å². The molecule has 0 unspecified atom stereocenters. The third-order valence-corrected chi connectivity index (χ3v) is 3.31. The fourth-order valence-corrected chi connectivity index (χ4v) is 1.88. The Morgan fingerprint density at radius 1 is 1.12 bits per heavy atom. The zero-order valence-electron chi connectivity index (χ0n) is 11.6. The highest BCUT2D eigenvalue weighted by molar-refractivity contribution is 5.74. The normalized spacial score (nSPS) is 17.6. The van der Waals surface area contributed by atoms with Crippen molar-refractivity contribution in [2.75, 3.05) is 67.0 Å². The lowest BCUT2D eigenvalue weighted by Crippen LogP contribution is -2.52. The fraction of sp³-hybridized carbons (Fsp3) is 0.917. The van der Waals surface area contributed by atoms with Gasteiger partial charge in [-0.1, -0.05) is 0 Å². The summed E-state index contributed by atoms with van der Waals surface area (Å²) in [6.45, 7) is 8.67. The predicted molar refractivity (Wildman–Crippen MR) is 70.3 cm³/mol. The van der Waals surface area contributed by atoms with Gasteiger partial charge in [-0.15, -0.1) is 0 Å². The third kappa shape index (κ3) is 4.52. The Bertz CT molecular complexity index is 237. The number of piperazine rings is 1. The average Bonchev–Trinajstić information content (AvgIpc) is 2.35. The highest BCUT2D eigenvalue weighted by atomic mass is 16.2. The molecule has 0 aliphatic carbocycles. The molecule has 0 saturated carbocycles. The molecule has 1 aliphatic heterocycles. The molecule has 0 aromatic carbocycles. The largest absolute Gasteiger partial charge is 0.328 e. The maximum Gasteiger partial charge on any atom is 0.319 e. The molecule has 0 aromatic heterocycles. The summed E-state index contributed by atoms with van der Waals surface area (Å²) >= 11 is 0. The van der Waals surface area contributed by atoms with Crippen LogP contribution in [-0.2, 0) is 0 Å². The van der Waals surface area contributed by atoms with Gasteiger partial charge in [0.1, 0.15) is 0 Å². The van der Waals surface area contributed by atoms with E-state index in [2.05, 4.69) is 23.9 Å². The van der Waals surface area contributed by atoms with E-state index in [1.165, 1.54) is 0 Å². The number of carbonyl (C=O) groups is 1. The molecular formula is C12H26N4O. The van der Waals surface area contributed by atoms with Gasteiger partial charge in [-0.2, -0.15) is 0 Å². The molecule has 0 aromatic rings. The van der Waals surface area contributed by atoms with Crippen LogP contribution in [0.3, 0.4) is 0 Å². The van der Waals surface area contributed by atoms with Gasteiger partial charge in [-0.05, 0) is 21.0 Å². The molecule has 5 nitrogen and oxygen atoms in total. The number of hydrogen-bond acceptors (Lipinski definition) is 3. The van der Waals surface area contributed by atoms with Crippen LogP contribution in [0.1, 0.15) is 6.92 Å². The monoisotopic (exact) mass is 242 g/mol. The number of urea groups is 1. The first-order valence-electron chi connectivity index (χ1n) is 6.41. The molecule has 0 atom stereocenters. The number of amides is 2. The second kappa shape index (κ2) is 6.81. The number of carbonyl (C=O) groups excluding carboxylic acids is 1. The van der Waals surface area contributed by atoms with Gasteiger partial charge in [-0.3, -0.25) is 4.90 Å². The number of nitrogens with zero attached hydrogens (tertiary/aromatic N) is 4. The molecule has 0 bridgehead atoms. The molecule has 1 fully saturated rings. The molecular weight excluding hydrogens is 216 g/mol. The van der Waals surface area contributed by atoms with Crippen molar-refractivity contribution in [1.82, 2.24) is 19.6 Å². The smallest absolute Gasteiger partial charge is 0.319 e. The van der Waals surface area contributed by atoms with Crippen molar-refractivity contribution in [3.8, 4) is 0 Å². The highest BCUT2D eigenvalue weighted by Gasteiger charge is 2.22. The van der Waals surface area contributed by atoms with Crippen LogP contribution in [-0.4, -0.2) is 92.6 Å². The van der Waals surface area contributed by atoms with E-state index in [1.54, 1.807) is 4.90 Å². The van der Waals surface area contributed by atoms with E-state index in [1.807, 2.05) is 18.9 Å². The number of hydrogen-bond donors (Lipinski definition) is 0. The van der Waals surface area contributed by atoms with Crippen molar-refractivity contribution in [3.05, 3.63) is 0 Å². The summed E-state index contributed by atoms with van der Waals surface area (Å²) in [5.74, 6) is 0. The first kappa shape index (κ1) is 14.3. The Morgan fingerprint density at radius 2 is 1.71 bits per heavy atom. The quantitative estimate of drug-likeness (QED) is 0.707. The Balaban J connectivity index is 2.28. The van der Waals surface area contributed by atoms with E-state index in [4.69, 9.17) is 0 Å². The van der Waals surface area contributed by atoms with Crippen LogP contribution in [0, 0.1) is 0 Å². The van der Waals surface area contributed by atoms with Gasteiger partial charge >= 0.3 is 6.03 Å². The van der Waals surface area contributed by atoms with Crippen LogP contribution >= 0.6 is 0 Å². The summed E-state index contributed by atoms with van der Waals surface area (Å²) in [5, 5.41) is 0. The SMILES string of the molecule is CCN(C)C(=O)N1CCN(CCN(C)C)CC1. The minimum atomic E-state index is 0.166. The van der Waals surface area contributed by atoms with E-state index < -0.39 is 0 Å². The van der Waals surface area contributed by atoms with Crippen LogP contribution in [0.2, 0.25) is 0 Å². The maximum absolute atomic E-state index is 11.9. The zero-order chi connectivity index (χ0) is 12.8. The van der Waals surface area contributed by atoms with Crippen LogP contribution in [0.15, 0.2) is 0 Å². The van der Waals surface area contributed by atoms with E-state index in [0.29, 0.717) is 0 Å². The second-order valence-corrected chi connectivity index (χ2v) is 4.93. The molecule has 1 aliphatic rings. The van der Waals surface area contributed by atoms with Crippen molar-refractivity contribution < 1.29 is 4.79 Å². The molecule has 100 valence electrons. The van der Waals surface area contributed by atoms with E-state index in [9.17, 15) is 4.79 Å². The number of rotatable bonds is 4. The van der Waals surface area contributed by atoms with Crippen molar-refractivity contribution in [2.45, 2.75) is 6.92 Å². The standard InChI is InChI=1S/C12H26N4O/c1-5-14(4)12(17)16-10-8-15(9-11-16)7-6-13(2)3/h5-11H2,1-4H3. The fourth-order valence-electron chi connectivity index (χ4n) is 1.88. The summed E-state index contributed by atoms with van der Waals surface area (Å²) < 4.78 is 0. The molecule has 17 heavy (non-hydrogen) atoms. The first-order valence-corrected chi connectivity index (χ1v) is 6.41. The Labute approximate surface area is 105 Å². The summed E-state index contributed by atoms with van der Waals surface area (Å²) in [4.78, 5) is 20.3. The summed E-state index contributed by atoms with van der Waals surface area (Å²) in [6.07, 6.45) is 0. The minimum absolute atomic E-state index is 0.166. The van der Waals surface area contributed by atoms with Crippen molar-refractivity contribution in [3.63, 3.8) is 0 Å². The molecule has 1 heterocycles. The first-order chi connectivity index (χ1) is 8.04. The van der Waals surface area contributed by atoms with E-state index >= 15 is 0 Å².